The first-order chi connectivity index (χ1) is 13.5. The zero-order valence-corrected chi connectivity index (χ0v) is 16.0. The van der Waals surface area contributed by atoms with Gasteiger partial charge in [-0.2, -0.15) is 5.10 Å². The molecule has 2 aromatic carbocycles. The molecule has 0 aliphatic rings. The molecule has 2 aromatic rings. The SMILES string of the molecule is COc1ccc(NC(=O)C/C(C)=N/NC(=O)COc2ccccc2)c(OC)c1. The van der Waals surface area contributed by atoms with Gasteiger partial charge in [-0.05, 0) is 31.2 Å². The summed E-state index contributed by atoms with van der Waals surface area (Å²) in [7, 11) is 3.05. The summed E-state index contributed by atoms with van der Waals surface area (Å²) in [6.07, 6.45) is 0.00893. The largest absolute Gasteiger partial charge is 0.497 e. The monoisotopic (exact) mass is 385 g/mol. The second-order valence-corrected chi connectivity index (χ2v) is 5.77. The molecule has 0 aliphatic heterocycles. The second kappa shape index (κ2) is 10.6. The van der Waals surface area contributed by atoms with Crippen molar-refractivity contribution in [1.82, 2.24) is 5.43 Å². The highest BCUT2D eigenvalue weighted by molar-refractivity contribution is 6.06. The van der Waals surface area contributed by atoms with Gasteiger partial charge in [-0.25, -0.2) is 5.43 Å². The zero-order valence-electron chi connectivity index (χ0n) is 16.0. The van der Waals surface area contributed by atoms with Crippen molar-refractivity contribution in [3.05, 3.63) is 48.5 Å². The molecule has 8 nitrogen and oxygen atoms in total. The van der Waals surface area contributed by atoms with Crippen molar-refractivity contribution in [2.24, 2.45) is 5.10 Å². The number of carbonyl (C=O) groups is 2. The molecule has 2 rings (SSSR count). The van der Waals surface area contributed by atoms with Gasteiger partial charge in [-0.3, -0.25) is 9.59 Å². The van der Waals surface area contributed by atoms with E-state index in [0.29, 0.717) is 28.6 Å². The summed E-state index contributed by atoms with van der Waals surface area (Å²) in [6, 6.07) is 14.0. The Morgan fingerprint density at radius 3 is 2.39 bits per heavy atom. The van der Waals surface area contributed by atoms with Crippen molar-refractivity contribution < 1.29 is 23.8 Å². The fraction of sp³-hybridized carbons (Fsp3) is 0.250. The van der Waals surface area contributed by atoms with Crippen molar-refractivity contribution in [3.8, 4) is 17.2 Å². The van der Waals surface area contributed by atoms with Crippen LogP contribution in [0.2, 0.25) is 0 Å². The molecule has 0 aromatic heterocycles. The van der Waals surface area contributed by atoms with Crippen LogP contribution >= 0.6 is 0 Å². The highest BCUT2D eigenvalue weighted by Crippen LogP contribution is 2.29. The number of nitrogens with one attached hydrogen (secondary N) is 2. The highest BCUT2D eigenvalue weighted by Gasteiger charge is 2.10. The lowest BCUT2D eigenvalue weighted by Crippen LogP contribution is -2.26. The highest BCUT2D eigenvalue weighted by atomic mass is 16.5. The van der Waals surface area contributed by atoms with Gasteiger partial charge in [0.15, 0.2) is 6.61 Å². The lowest BCUT2D eigenvalue weighted by molar-refractivity contribution is -0.123. The number of anilines is 1. The number of rotatable bonds is 9. The number of amides is 2. The lowest BCUT2D eigenvalue weighted by atomic mass is 10.2. The number of hydrogen-bond acceptors (Lipinski definition) is 6. The van der Waals surface area contributed by atoms with E-state index in [1.54, 1.807) is 44.4 Å². The summed E-state index contributed by atoms with van der Waals surface area (Å²) in [5.41, 5.74) is 3.32. The number of hydrogen-bond donors (Lipinski definition) is 2. The molecule has 2 N–H and O–H groups in total. The first-order valence-electron chi connectivity index (χ1n) is 8.53. The molecule has 0 aliphatic carbocycles. The van der Waals surface area contributed by atoms with Crippen LogP contribution in [-0.2, 0) is 9.59 Å². The Kier molecular flexibility index (Phi) is 7.83. The molecule has 0 radical (unpaired) electrons. The summed E-state index contributed by atoms with van der Waals surface area (Å²) >= 11 is 0. The van der Waals surface area contributed by atoms with Gasteiger partial charge in [-0.15, -0.1) is 0 Å². The summed E-state index contributed by atoms with van der Waals surface area (Å²) in [4.78, 5) is 24.0. The zero-order chi connectivity index (χ0) is 20.4. The van der Waals surface area contributed by atoms with Crippen molar-refractivity contribution in [2.45, 2.75) is 13.3 Å². The lowest BCUT2D eigenvalue weighted by Gasteiger charge is -2.11. The predicted octanol–water partition coefficient (Wildman–Crippen LogP) is 2.60. The van der Waals surface area contributed by atoms with Gasteiger partial charge in [0.25, 0.3) is 5.91 Å². The van der Waals surface area contributed by atoms with Gasteiger partial charge in [-0.1, -0.05) is 18.2 Å². The van der Waals surface area contributed by atoms with Crippen LogP contribution in [0.5, 0.6) is 17.2 Å². The Balaban J connectivity index is 1.82. The molecule has 8 heteroatoms. The molecule has 0 bridgehead atoms. The smallest absolute Gasteiger partial charge is 0.277 e. The van der Waals surface area contributed by atoms with E-state index in [1.807, 2.05) is 18.2 Å². The van der Waals surface area contributed by atoms with Crippen LogP contribution in [0.3, 0.4) is 0 Å². The number of nitrogens with zero attached hydrogens (tertiary/aromatic N) is 1. The summed E-state index contributed by atoms with van der Waals surface area (Å²) in [5.74, 6) is 0.979. The van der Waals surface area contributed by atoms with Gasteiger partial charge in [0.1, 0.15) is 17.2 Å². The third-order valence-corrected chi connectivity index (χ3v) is 3.58. The Hall–Kier alpha value is -3.55. The number of benzene rings is 2. The molecule has 2 amide bonds. The second-order valence-electron chi connectivity index (χ2n) is 5.77. The first-order valence-corrected chi connectivity index (χ1v) is 8.53. The summed E-state index contributed by atoms with van der Waals surface area (Å²) in [5, 5.41) is 6.65. The van der Waals surface area contributed by atoms with Crippen molar-refractivity contribution in [1.29, 1.82) is 0 Å². The third-order valence-electron chi connectivity index (χ3n) is 3.58. The Morgan fingerprint density at radius 1 is 0.964 bits per heavy atom. The molecular weight excluding hydrogens is 362 g/mol. The summed E-state index contributed by atoms with van der Waals surface area (Å²) in [6.45, 7) is 1.47. The third kappa shape index (κ3) is 6.64. The maximum absolute atomic E-state index is 12.2. The topological polar surface area (TPSA) is 98.2 Å². The Morgan fingerprint density at radius 2 is 1.71 bits per heavy atom. The number of methoxy groups -OCH3 is 2. The molecule has 0 saturated heterocycles. The van der Waals surface area contributed by atoms with E-state index in [4.69, 9.17) is 14.2 Å². The van der Waals surface area contributed by atoms with Crippen molar-refractivity contribution in [2.75, 3.05) is 26.1 Å². The minimum atomic E-state index is -0.416. The summed E-state index contributed by atoms with van der Waals surface area (Å²) < 4.78 is 15.7. The van der Waals surface area contributed by atoms with E-state index in [0.717, 1.165) is 0 Å². The Bertz CT molecular complexity index is 837. The van der Waals surface area contributed by atoms with E-state index >= 15 is 0 Å². The number of para-hydroxylation sites is 1. The molecule has 0 fully saturated rings. The van der Waals surface area contributed by atoms with Crippen molar-refractivity contribution >= 4 is 23.2 Å². The van der Waals surface area contributed by atoms with Crippen LogP contribution < -0.4 is 25.0 Å². The molecule has 0 saturated carbocycles. The molecule has 0 unspecified atom stereocenters. The standard InChI is InChI=1S/C20H23N3O5/c1-14(22-23-20(25)13-28-15-7-5-4-6-8-15)11-19(24)21-17-10-9-16(26-2)12-18(17)27-3/h4-10,12H,11,13H2,1-3H3,(H,21,24)(H,23,25)/b22-14+. The minimum Gasteiger partial charge on any atom is -0.497 e. The normalized spacial score (nSPS) is 10.8. The fourth-order valence-corrected chi connectivity index (χ4v) is 2.22. The van der Waals surface area contributed by atoms with Crippen LogP contribution in [0.15, 0.2) is 53.6 Å². The van der Waals surface area contributed by atoms with Crippen LogP contribution in [0, 0.1) is 0 Å². The average molecular weight is 385 g/mol. The van der Waals surface area contributed by atoms with Gasteiger partial charge in [0, 0.05) is 11.8 Å². The van der Waals surface area contributed by atoms with Gasteiger partial charge >= 0.3 is 0 Å². The minimum absolute atomic E-state index is 0.00893. The van der Waals surface area contributed by atoms with Crippen LogP contribution in [0.1, 0.15) is 13.3 Å². The quantitative estimate of drug-likeness (QED) is 0.511. The molecular formula is C20H23N3O5. The number of hydrazone groups is 1. The van der Waals surface area contributed by atoms with Gasteiger partial charge < -0.3 is 19.5 Å². The van der Waals surface area contributed by atoms with E-state index in [-0.39, 0.29) is 18.9 Å². The first kappa shape index (κ1) is 20.8. The van der Waals surface area contributed by atoms with Crippen LogP contribution in [0.25, 0.3) is 0 Å². The molecule has 28 heavy (non-hydrogen) atoms. The van der Waals surface area contributed by atoms with Crippen LogP contribution in [-0.4, -0.2) is 38.4 Å². The fourth-order valence-electron chi connectivity index (χ4n) is 2.22. The maximum Gasteiger partial charge on any atom is 0.277 e. The maximum atomic E-state index is 12.2. The van der Waals surface area contributed by atoms with E-state index < -0.39 is 5.91 Å². The van der Waals surface area contributed by atoms with Crippen LogP contribution in [0.4, 0.5) is 5.69 Å². The number of ether oxygens (including phenoxy) is 3. The van der Waals surface area contributed by atoms with Crippen molar-refractivity contribution in [3.63, 3.8) is 0 Å². The van der Waals surface area contributed by atoms with E-state index in [9.17, 15) is 9.59 Å². The number of carbonyl (C=O) groups excluding carboxylic acids is 2. The van der Waals surface area contributed by atoms with E-state index in [2.05, 4.69) is 15.8 Å². The molecule has 0 heterocycles. The Labute approximate surface area is 163 Å². The van der Waals surface area contributed by atoms with Gasteiger partial charge in [0.05, 0.1) is 26.3 Å². The molecule has 0 spiro atoms. The van der Waals surface area contributed by atoms with Gasteiger partial charge in [0.2, 0.25) is 5.91 Å². The molecule has 0 atom stereocenters. The van der Waals surface area contributed by atoms with E-state index in [1.165, 1.54) is 7.11 Å². The molecule has 148 valence electrons. The average Bonchev–Trinajstić information content (AvgIpc) is 2.71. The predicted molar refractivity (Wildman–Crippen MR) is 106 cm³/mol.